The molecule has 0 unspecified atom stereocenters. The molecule has 3 atom stereocenters. The summed E-state index contributed by atoms with van der Waals surface area (Å²) in [7, 11) is 1.47. The molecule has 4 N–H and O–H groups in total. The molecule has 0 saturated heterocycles. The molecule has 0 aliphatic heterocycles. The van der Waals surface area contributed by atoms with E-state index in [2.05, 4.69) is 27.9 Å². The van der Waals surface area contributed by atoms with Gasteiger partial charge in [0.2, 0.25) is 11.8 Å². The number of hydrogen-bond acceptors (Lipinski definition) is 7. The summed E-state index contributed by atoms with van der Waals surface area (Å²) < 4.78 is 26.4. The average molecular weight is 697 g/mol. The Balaban J connectivity index is 1.69. The number of carbonyl (C=O) groups excluding carboxylic acids is 2. The lowest BCUT2D eigenvalue weighted by Crippen LogP contribution is -2.56. The predicted molar refractivity (Wildman–Crippen MR) is 162 cm³/mol. The van der Waals surface area contributed by atoms with E-state index in [4.69, 9.17) is 9.47 Å². The number of aliphatic hydroxyl groups excluding tert-OH is 3. The fraction of sp³-hybridized carbons (Fsp3) is 0.484. The van der Waals surface area contributed by atoms with Gasteiger partial charge in [0, 0.05) is 31.0 Å². The number of benzene rings is 2. The molecule has 1 fully saturated rings. The Morgan fingerprint density at radius 3 is 2.57 bits per heavy atom. The quantitative estimate of drug-likeness (QED) is 0.251. The molecular formula is C31H38FIN2O7. The van der Waals surface area contributed by atoms with Gasteiger partial charge >= 0.3 is 0 Å². The molecule has 0 radical (unpaired) electrons. The third-order valence-electron chi connectivity index (χ3n) is 7.86. The fourth-order valence-electron chi connectivity index (χ4n) is 5.68. The Bertz CT molecular complexity index is 1280. The van der Waals surface area contributed by atoms with Crippen LogP contribution in [0.25, 0.3) is 0 Å². The molecule has 1 saturated carbocycles. The minimum Gasteiger partial charge on any atom is -0.493 e. The lowest BCUT2D eigenvalue weighted by molar-refractivity contribution is -0.142. The number of amides is 2. The van der Waals surface area contributed by atoms with Gasteiger partial charge in [0.1, 0.15) is 18.0 Å². The van der Waals surface area contributed by atoms with Crippen LogP contribution in [0.3, 0.4) is 0 Å². The summed E-state index contributed by atoms with van der Waals surface area (Å²) in [6.45, 7) is -0.157. The van der Waals surface area contributed by atoms with Crippen molar-refractivity contribution < 1.29 is 38.8 Å². The van der Waals surface area contributed by atoms with E-state index in [-0.39, 0.29) is 50.4 Å². The highest BCUT2D eigenvalue weighted by atomic mass is 127. The molecular weight excluding hydrogens is 658 g/mol. The SMILES string of the molecule is COc1cc(CO)cc(I)c1O[C@H]1C=C(C(=O)NCCO)C[C@@H](N(CCc2cccc(F)c2)C(=O)C2CCCC2)[C@@H]1O. The number of halogens is 2. The van der Waals surface area contributed by atoms with Gasteiger partial charge in [-0.1, -0.05) is 25.0 Å². The molecule has 0 heterocycles. The van der Waals surface area contributed by atoms with Crippen molar-refractivity contribution in [2.75, 3.05) is 26.8 Å². The van der Waals surface area contributed by atoms with E-state index < -0.39 is 24.2 Å². The van der Waals surface area contributed by atoms with Gasteiger partial charge in [0.15, 0.2) is 11.5 Å². The largest absolute Gasteiger partial charge is 0.493 e. The summed E-state index contributed by atoms with van der Waals surface area (Å²) in [5.74, 6) is -0.388. The standard InChI is InChI=1S/C31H38FIN2O7/c1-41-27-15-20(18-37)14-24(33)29(27)42-26-17-22(30(39)34-10-12-36)16-25(28(26)38)35(31(40)21-6-2-3-7-21)11-9-19-5-4-8-23(32)13-19/h4-5,8,13-15,17,21,25-26,28,36-38H,2-3,6-7,9-12,16,18H2,1H3,(H,34,39)/t25-,26+,28+/m1/s1. The summed E-state index contributed by atoms with van der Waals surface area (Å²) in [4.78, 5) is 28.7. The zero-order chi connectivity index (χ0) is 30.2. The minimum atomic E-state index is -1.20. The molecule has 0 bridgehead atoms. The van der Waals surface area contributed by atoms with Crippen molar-refractivity contribution in [2.24, 2.45) is 5.92 Å². The van der Waals surface area contributed by atoms with Crippen molar-refractivity contribution in [3.8, 4) is 11.5 Å². The number of nitrogens with zero attached hydrogens (tertiary/aromatic N) is 1. The van der Waals surface area contributed by atoms with Crippen LogP contribution in [0.15, 0.2) is 48.0 Å². The van der Waals surface area contributed by atoms with Crippen molar-refractivity contribution in [3.05, 3.63) is 68.6 Å². The van der Waals surface area contributed by atoms with Crippen LogP contribution in [-0.2, 0) is 22.6 Å². The van der Waals surface area contributed by atoms with E-state index in [1.165, 1.54) is 19.2 Å². The van der Waals surface area contributed by atoms with E-state index in [0.29, 0.717) is 32.6 Å². The van der Waals surface area contributed by atoms with E-state index in [1.54, 1.807) is 35.2 Å². The number of aliphatic hydroxyl groups is 3. The van der Waals surface area contributed by atoms with E-state index in [1.807, 2.05) is 0 Å². The molecule has 2 aromatic carbocycles. The van der Waals surface area contributed by atoms with Crippen molar-refractivity contribution >= 4 is 34.4 Å². The normalized spacial score (nSPS) is 20.6. The van der Waals surface area contributed by atoms with Crippen molar-refractivity contribution in [2.45, 2.75) is 63.4 Å². The van der Waals surface area contributed by atoms with Crippen LogP contribution in [0.1, 0.15) is 43.2 Å². The van der Waals surface area contributed by atoms with Gasteiger partial charge in [-0.3, -0.25) is 9.59 Å². The number of hydrogen-bond donors (Lipinski definition) is 4. The Kier molecular flexibility index (Phi) is 11.6. The Labute approximate surface area is 258 Å². The molecule has 2 aromatic rings. The second kappa shape index (κ2) is 15.1. The Morgan fingerprint density at radius 2 is 1.90 bits per heavy atom. The van der Waals surface area contributed by atoms with Crippen LogP contribution in [0, 0.1) is 15.3 Å². The number of carbonyl (C=O) groups is 2. The number of rotatable bonds is 12. The van der Waals surface area contributed by atoms with Gasteiger partial charge in [-0.2, -0.15) is 0 Å². The lowest BCUT2D eigenvalue weighted by atomic mass is 9.87. The van der Waals surface area contributed by atoms with E-state index >= 15 is 0 Å². The zero-order valence-corrected chi connectivity index (χ0v) is 25.8. The van der Waals surface area contributed by atoms with E-state index in [0.717, 1.165) is 31.2 Å². The number of methoxy groups -OCH3 is 1. The van der Waals surface area contributed by atoms with Gasteiger partial charge in [-0.05, 0) is 83.3 Å². The summed E-state index contributed by atoms with van der Waals surface area (Å²) in [5, 5.41) is 33.3. The van der Waals surface area contributed by atoms with Gasteiger partial charge < -0.3 is 35.0 Å². The second-order valence-corrected chi connectivity index (χ2v) is 11.8. The smallest absolute Gasteiger partial charge is 0.247 e. The first-order valence-electron chi connectivity index (χ1n) is 14.2. The van der Waals surface area contributed by atoms with Gasteiger partial charge in [-0.15, -0.1) is 0 Å². The molecule has 9 nitrogen and oxygen atoms in total. The maximum Gasteiger partial charge on any atom is 0.247 e. The number of nitrogens with one attached hydrogen (secondary N) is 1. The summed E-state index contributed by atoms with van der Waals surface area (Å²) >= 11 is 2.06. The molecule has 11 heteroatoms. The first-order valence-corrected chi connectivity index (χ1v) is 15.3. The first-order chi connectivity index (χ1) is 20.2. The van der Waals surface area contributed by atoms with Crippen LogP contribution in [-0.4, -0.2) is 77.1 Å². The molecule has 2 amide bonds. The van der Waals surface area contributed by atoms with Crippen molar-refractivity contribution in [1.29, 1.82) is 0 Å². The molecule has 228 valence electrons. The third-order valence-corrected chi connectivity index (χ3v) is 8.66. The highest BCUT2D eigenvalue weighted by Gasteiger charge is 2.42. The summed E-state index contributed by atoms with van der Waals surface area (Å²) in [5.41, 5.74) is 1.66. The second-order valence-electron chi connectivity index (χ2n) is 10.7. The zero-order valence-electron chi connectivity index (χ0n) is 23.6. The molecule has 2 aliphatic rings. The lowest BCUT2D eigenvalue weighted by Gasteiger charge is -2.41. The first kappa shape index (κ1) is 32.2. The Morgan fingerprint density at radius 1 is 1.14 bits per heavy atom. The van der Waals surface area contributed by atoms with Crippen LogP contribution in [0.5, 0.6) is 11.5 Å². The van der Waals surface area contributed by atoms with Crippen molar-refractivity contribution in [3.63, 3.8) is 0 Å². The maximum atomic E-state index is 13.9. The Hall–Kier alpha value is -2.74. The molecule has 42 heavy (non-hydrogen) atoms. The molecule has 2 aliphatic carbocycles. The summed E-state index contributed by atoms with van der Waals surface area (Å²) in [6, 6.07) is 8.79. The van der Waals surface area contributed by atoms with Gasteiger partial charge in [0.05, 0.1) is 29.9 Å². The molecule has 0 aromatic heterocycles. The van der Waals surface area contributed by atoms with Crippen LogP contribution >= 0.6 is 22.6 Å². The highest BCUT2D eigenvalue weighted by molar-refractivity contribution is 14.1. The van der Waals surface area contributed by atoms with Crippen LogP contribution < -0.4 is 14.8 Å². The topological polar surface area (TPSA) is 129 Å². The molecule has 4 rings (SSSR count). The van der Waals surface area contributed by atoms with Gasteiger partial charge in [0.25, 0.3) is 0 Å². The van der Waals surface area contributed by atoms with Gasteiger partial charge in [-0.25, -0.2) is 4.39 Å². The summed E-state index contributed by atoms with van der Waals surface area (Å²) in [6.07, 6.45) is 3.19. The third kappa shape index (κ3) is 7.80. The fourth-order valence-corrected chi connectivity index (χ4v) is 6.48. The predicted octanol–water partition coefficient (Wildman–Crippen LogP) is 3.11. The number of ether oxygens (including phenoxy) is 2. The van der Waals surface area contributed by atoms with Crippen LogP contribution in [0.4, 0.5) is 4.39 Å². The van der Waals surface area contributed by atoms with E-state index in [9.17, 15) is 29.3 Å². The highest BCUT2D eigenvalue weighted by Crippen LogP contribution is 2.38. The van der Waals surface area contributed by atoms with Crippen LogP contribution in [0.2, 0.25) is 0 Å². The van der Waals surface area contributed by atoms with Crippen molar-refractivity contribution in [1.82, 2.24) is 10.2 Å². The molecule has 0 spiro atoms. The minimum absolute atomic E-state index is 0.0492. The average Bonchev–Trinajstić information content (AvgIpc) is 3.53. The maximum absolute atomic E-state index is 13.9. The monoisotopic (exact) mass is 696 g/mol.